The SMILES string of the molecule is CC(=O)N[C@H](Cc1cccc(F)c1)C(=O)N[C@H](Cc1ccc(Cl)nc1)C(=O)O. The molecule has 0 aliphatic heterocycles. The van der Waals surface area contributed by atoms with Crippen molar-refractivity contribution in [1.29, 1.82) is 0 Å². The van der Waals surface area contributed by atoms with Crippen molar-refractivity contribution in [3.8, 4) is 0 Å². The van der Waals surface area contributed by atoms with Crippen LogP contribution in [0.3, 0.4) is 0 Å². The Bertz CT molecular complexity index is 861. The van der Waals surface area contributed by atoms with Gasteiger partial charge in [-0.3, -0.25) is 9.59 Å². The number of amides is 2. The number of hydrogen-bond donors (Lipinski definition) is 3. The van der Waals surface area contributed by atoms with Gasteiger partial charge in [-0.15, -0.1) is 0 Å². The molecule has 0 aliphatic carbocycles. The average molecular weight is 408 g/mol. The van der Waals surface area contributed by atoms with Crippen molar-refractivity contribution in [2.45, 2.75) is 31.8 Å². The minimum Gasteiger partial charge on any atom is -0.480 e. The third-order valence-corrected chi connectivity index (χ3v) is 4.09. The lowest BCUT2D eigenvalue weighted by Gasteiger charge is -2.21. The summed E-state index contributed by atoms with van der Waals surface area (Å²) >= 11 is 5.71. The fourth-order valence-electron chi connectivity index (χ4n) is 2.59. The predicted octanol–water partition coefficient (Wildman–Crippen LogP) is 1.73. The second-order valence-corrected chi connectivity index (χ2v) is 6.57. The summed E-state index contributed by atoms with van der Waals surface area (Å²) in [4.78, 5) is 39.5. The van der Waals surface area contributed by atoms with Gasteiger partial charge in [0, 0.05) is 26.0 Å². The molecule has 3 N–H and O–H groups in total. The van der Waals surface area contributed by atoms with Crippen molar-refractivity contribution in [2.75, 3.05) is 0 Å². The van der Waals surface area contributed by atoms with Crippen LogP contribution in [0.25, 0.3) is 0 Å². The number of hydrogen-bond acceptors (Lipinski definition) is 4. The van der Waals surface area contributed by atoms with E-state index in [4.69, 9.17) is 11.6 Å². The molecule has 0 fully saturated rings. The van der Waals surface area contributed by atoms with Gasteiger partial charge in [0.2, 0.25) is 11.8 Å². The Hall–Kier alpha value is -3.00. The zero-order valence-electron chi connectivity index (χ0n) is 15.0. The van der Waals surface area contributed by atoms with E-state index in [0.29, 0.717) is 11.1 Å². The van der Waals surface area contributed by atoms with Crippen molar-refractivity contribution in [3.63, 3.8) is 0 Å². The van der Waals surface area contributed by atoms with Crippen LogP contribution in [0.15, 0.2) is 42.6 Å². The van der Waals surface area contributed by atoms with Gasteiger partial charge in [0.25, 0.3) is 0 Å². The number of carbonyl (C=O) groups is 3. The maximum Gasteiger partial charge on any atom is 0.326 e. The first kappa shape index (κ1) is 21.3. The number of carboxylic acid groups (broad SMARTS) is 1. The molecule has 0 bridgehead atoms. The molecule has 0 saturated heterocycles. The molecule has 0 radical (unpaired) electrons. The van der Waals surface area contributed by atoms with Crippen molar-refractivity contribution < 1.29 is 23.9 Å². The summed E-state index contributed by atoms with van der Waals surface area (Å²) in [6.07, 6.45) is 1.42. The largest absolute Gasteiger partial charge is 0.480 e. The second-order valence-electron chi connectivity index (χ2n) is 6.18. The highest BCUT2D eigenvalue weighted by molar-refractivity contribution is 6.29. The van der Waals surface area contributed by atoms with Crippen LogP contribution < -0.4 is 10.6 Å². The van der Waals surface area contributed by atoms with E-state index in [-0.39, 0.29) is 18.0 Å². The van der Waals surface area contributed by atoms with E-state index in [9.17, 15) is 23.9 Å². The minimum absolute atomic E-state index is 0.0119. The summed E-state index contributed by atoms with van der Waals surface area (Å²) in [5, 5.41) is 14.6. The summed E-state index contributed by atoms with van der Waals surface area (Å²) in [7, 11) is 0. The van der Waals surface area contributed by atoms with Gasteiger partial charge in [-0.2, -0.15) is 0 Å². The molecule has 0 aliphatic rings. The van der Waals surface area contributed by atoms with Gasteiger partial charge in [0.05, 0.1) is 0 Å². The summed E-state index contributed by atoms with van der Waals surface area (Å²) in [6.45, 7) is 1.24. The molecule has 2 atom stereocenters. The normalized spacial score (nSPS) is 12.7. The highest BCUT2D eigenvalue weighted by Crippen LogP contribution is 2.10. The van der Waals surface area contributed by atoms with E-state index in [0.717, 1.165) is 0 Å². The van der Waals surface area contributed by atoms with E-state index in [1.54, 1.807) is 12.1 Å². The molecule has 148 valence electrons. The maximum atomic E-state index is 13.4. The lowest BCUT2D eigenvalue weighted by atomic mass is 10.0. The fourth-order valence-corrected chi connectivity index (χ4v) is 2.70. The highest BCUT2D eigenvalue weighted by atomic mass is 35.5. The first-order chi connectivity index (χ1) is 13.2. The molecule has 28 heavy (non-hydrogen) atoms. The van der Waals surface area contributed by atoms with Crippen LogP contribution in [-0.2, 0) is 27.2 Å². The molecular formula is C19H19ClFN3O4. The first-order valence-corrected chi connectivity index (χ1v) is 8.77. The smallest absolute Gasteiger partial charge is 0.326 e. The van der Waals surface area contributed by atoms with Gasteiger partial charge in [-0.1, -0.05) is 29.8 Å². The van der Waals surface area contributed by atoms with Gasteiger partial charge in [0.15, 0.2) is 0 Å². The first-order valence-electron chi connectivity index (χ1n) is 8.39. The summed E-state index contributed by atoms with van der Waals surface area (Å²) in [6, 6.07) is 6.44. The zero-order valence-corrected chi connectivity index (χ0v) is 15.7. The molecule has 2 rings (SSSR count). The van der Waals surface area contributed by atoms with E-state index in [2.05, 4.69) is 15.6 Å². The Morgan fingerprint density at radius 3 is 2.39 bits per heavy atom. The van der Waals surface area contributed by atoms with Crippen LogP contribution in [-0.4, -0.2) is 40.0 Å². The van der Waals surface area contributed by atoms with Crippen molar-refractivity contribution in [1.82, 2.24) is 15.6 Å². The van der Waals surface area contributed by atoms with Crippen molar-refractivity contribution in [3.05, 3.63) is 64.7 Å². The number of aromatic nitrogens is 1. The molecule has 1 aromatic heterocycles. The van der Waals surface area contributed by atoms with E-state index >= 15 is 0 Å². The van der Waals surface area contributed by atoms with E-state index in [1.165, 1.54) is 37.4 Å². The lowest BCUT2D eigenvalue weighted by Crippen LogP contribution is -2.52. The fraction of sp³-hybridized carbons (Fsp3) is 0.263. The number of carboxylic acids is 1. The Balaban J connectivity index is 2.12. The van der Waals surface area contributed by atoms with Crippen LogP contribution in [0.5, 0.6) is 0 Å². The zero-order chi connectivity index (χ0) is 20.7. The monoisotopic (exact) mass is 407 g/mol. The molecule has 1 aromatic carbocycles. The number of nitrogens with one attached hydrogen (secondary N) is 2. The number of halogens is 2. The Kier molecular flexibility index (Phi) is 7.45. The maximum absolute atomic E-state index is 13.4. The molecule has 0 saturated carbocycles. The van der Waals surface area contributed by atoms with Crippen LogP contribution in [0.4, 0.5) is 4.39 Å². The number of rotatable bonds is 8. The molecule has 2 amide bonds. The third kappa shape index (κ3) is 6.62. The van der Waals surface area contributed by atoms with Crippen LogP contribution in [0.1, 0.15) is 18.1 Å². The third-order valence-electron chi connectivity index (χ3n) is 3.87. The van der Waals surface area contributed by atoms with Gasteiger partial charge < -0.3 is 15.7 Å². The molecule has 0 spiro atoms. The predicted molar refractivity (Wildman–Crippen MR) is 100 cm³/mol. The Morgan fingerprint density at radius 2 is 1.82 bits per heavy atom. The highest BCUT2D eigenvalue weighted by Gasteiger charge is 2.26. The van der Waals surface area contributed by atoms with Gasteiger partial charge in [-0.25, -0.2) is 14.2 Å². The van der Waals surface area contributed by atoms with Gasteiger partial charge in [0.1, 0.15) is 23.1 Å². The van der Waals surface area contributed by atoms with Gasteiger partial charge in [-0.05, 0) is 29.3 Å². The quantitative estimate of drug-likeness (QED) is 0.577. The Labute approximate surface area is 165 Å². The molecule has 7 nitrogen and oxygen atoms in total. The topological polar surface area (TPSA) is 108 Å². The number of nitrogens with zero attached hydrogens (tertiary/aromatic N) is 1. The molecule has 0 unspecified atom stereocenters. The second kappa shape index (κ2) is 9.80. The van der Waals surface area contributed by atoms with Crippen molar-refractivity contribution >= 4 is 29.4 Å². The number of benzene rings is 1. The Morgan fingerprint density at radius 1 is 1.11 bits per heavy atom. The van der Waals surface area contributed by atoms with Crippen LogP contribution in [0, 0.1) is 5.82 Å². The van der Waals surface area contributed by atoms with E-state index in [1.807, 2.05) is 0 Å². The number of aliphatic carboxylic acids is 1. The molecule has 9 heteroatoms. The lowest BCUT2D eigenvalue weighted by molar-refractivity contribution is -0.142. The number of carbonyl (C=O) groups excluding carboxylic acids is 2. The van der Waals surface area contributed by atoms with Crippen LogP contribution >= 0.6 is 11.6 Å². The van der Waals surface area contributed by atoms with Crippen molar-refractivity contribution in [2.24, 2.45) is 0 Å². The standard InChI is InChI=1S/C19H19ClFN3O4/c1-11(25)23-15(8-12-3-2-4-14(21)7-12)18(26)24-16(19(27)28)9-13-5-6-17(20)22-10-13/h2-7,10,15-16H,8-9H2,1H3,(H,23,25)(H,24,26)(H,27,28)/t15-,16-/m1/s1. The van der Waals surface area contributed by atoms with Gasteiger partial charge >= 0.3 is 5.97 Å². The minimum atomic E-state index is -1.24. The summed E-state index contributed by atoms with van der Waals surface area (Å²) < 4.78 is 13.4. The molecular weight excluding hydrogens is 389 g/mol. The van der Waals surface area contributed by atoms with Crippen LogP contribution in [0.2, 0.25) is 5.15 Å². The molecule has 2 aromatic rings. The summed E-state index contributed by atoms with van der Waals surface area (Å²) in [5.74, 6) is -2.87. The number of pyridine rings is 1. The molecule has 1 heterocycles. The summed E-state index contributed by atoms with van der Waals surface area (Å²) in [5.41, 5.74) is 1.06. The van der Waals surface area contributed by atoms with E-state index < -0.39 is 35.7 Å². The average Bonchev–Trinajstić information content (AvgIpc) is 2.62.